The van der Waals surface area contributed by atoms with Gasteiger partial charge < -0.3 is 0 Å². The summed E-state index contributed by atoms with van der Waals surface area (Å²) in [6, 6.07) is 0. The lowest BCUT2D eigenvalue weighted by Crippen LogP contribution is -1.98. The third-order valence-corrected chi connectivity index (χ3v) is 1.97. The van der Waals surface area contributed by atoms with Crippen LogP contribution in [0.3, 0.4) is 0 Å². The molecule has 0 spiro atoms. The fourth-order valence-electron chi connectivity index (χ4n) is 0.325. The van der Waals surface area contributed by atoms with Gasteiger partial charge in [0.15, 0.2) is 9.84 Å². The maximum Gasteiger partial charge on any atom is 0.192 e. The van der Waals surface area contributed by atoms with Gasteiger partial charge in [-0.15, -0.1) is 0 Å². The zero-order valence-electron chi connectivity index (χ0n) is 6.66. The third-order valence-electron chi connectivity index (χ3n) is 1.02. The van der Waals surface area contributed by atoms with Crippen molar-refractivity contribution in [2.24, 2.45) is 4.99 Å². The highest BCUT2D eigenvalue weighted by atomic mass is 32.2. The number of hydrogen-bond donors (Lipinski definition) is 0. The van der Waals surface area contributed by atoms with Gasteiger partial charge >= 0.3 is 0 Å². The van der Waals surface area contributed by atoms with Crippen LogP contribution in [-0.2, 0) is 9.84 Å². The van der Waals surface area contributed by atoms with Crippen LogP contribution < -0.4 is 0 Å². The lowest BCUT2D eigenvalue weighted by molar-refractivity contribution is 0.607. The predicted molar refractivity (Wildman–Crippen MR) is 47.3 cm³/mol. The SMILES string of the molecule is C=CC(C)=NC(=C)S(C)(=O)=O. The number of allylic oxidation sites excluding steroid dienone is 1. The zero-order chi connectivity index (χ0) is 9.07. The van der Waals surface area contributed by atoms with Gasteiger partial charge in [-0.2, -0.15) is 0 Å². The van der Waals surface area contributed by atoms with E-state index < -0.39 is 9.84 Å². The molecule has 0 aliphatic carbocycles. The highest BCUT2D eigenvalue weighted by molar-refractivity contribution is 7.94. The molecule has 3 nitrogen and oxygen atoms in total. The largest absolute Gasteiger partial charge is 0.242 e. The summed E-state index contributed by atoms with van der Waals surface area (Å²) in [6.45, 7) is 8.38. The molecule has 0 aliphatic rings. The summed E-state index contributed by atoms with van der Waals surface area (Å²) in [5.74, 6) is 0. The second kappa shape index (κ2) is 3.48. The molecule has 11 heavy (non-hydrogen) atoms. The highest BCUT2D eigenvalue weighted by Gasteiger charge is 2.05. The molecule has 0 unspecified atom stereocenters. The van der Waals surface area contributed by atoms with Crippen molar-refractivity contribution in [1.29, 1.82) is 0 Å². The Morgan fingerprint density at radius 1 is 1.55 bits per heavy atom. The van der Waals surface area contributed by atoms with Crippen LogP contribution in [0.1, 0.15) is 6.92 Å². The molecule has 4 heteroatoms. The van der Waals surface area contributed by atoms with E-state index in [0.717, 1.165) is 6.26 Å². The minimum atomic E-state index is -3.24. The molecule has 0 radical (unpaired) electrons. The molecule has 0 saturated heterocycles. The first kappa shape index (κ1) is 10.1. The van der Waals surface area contributed by atoms with Gasteiger partial charge in [0.25, 0.3) is 0 Å². The molecule has 0 N–H and O–H groups in total. The van der Waals surface area contributed by atoms with E-state index in [1.54, 1.807) is 6.92 Å². The summed E-state index contributed by atoms with van der Waals surface area (Å²) in [5.41, 5.74) is 0.542. The van der Waals surface area contributed by atoms with Gasteiger partial charge in [-0.05, 0) is 13.0 Å². The van der Waals surface area contributed by atoms with Crippen molar-refractivity contribution >= 4 is 15.5 Å². The topological polar surface area (TPSA) is 46.5 Å². The van der Waals surface area contributed by atoms with Crippen LogP contribution in [0.15, 0.2) is 29.3 Å². The van der Waals surface area contributed by atoms with Crippen molar-refractivity contribution in [2.75, 3.05) is 6.26 Å². The van der Waals surface area contributed by atoms with Gasteiger partial charge in [-0.25, -0.2) is 13.4 Å². The van der Waals surface area contributed by atoms with E-state index in [2.05, 4.69) is 18.2 Å². The second-order valence-corrected chi connectivity index (χ2v) is 4.14. The summed E-state index contributed by atoms with van der Waals surface area (Å²) in [5, 5.41) is -0.130. The Hall–Kier alpha value is -0.900. The molecular formula is C7H11NO2S. The zero-order valence-corrected chi connectivity index (χ0v) is 7.48. The highest BCUT2D eigenvalue weighted by Crippen LogP contribution is 2.02. The van der Waals surface area contributed by atoms with Gasteiger partial charge in [0.05, 0.1) is 0 Å². The van der Waals surface area contributed by atoms with E-state index >= 15 is 0 Å². The smallest absolute Gasteiger partial charge is 0.192 e. The van der Waals surface area contributed by atoms with E-state index in [0.29, 0.717) is 5.71 Å². The van der Waals surface area contributed by atoms with Crippen LogP contribution in [0.4, 0.5) is 0 Å². The average molecular weight is 173 g/mol. The van der Waals surface area contributed by atoms with Crippen LogP contribution in [0.5, 0.6) is 0 Å². The van der Waals surface area contributed by atoms with E-state index in [1.165, 1.54) is 6.08 Å². The van der Waals surface area contributed by atoms with E-state index in [4.69, 9.17) is 0 Å². The van der Waals surface area contributed by atoms with Gasteiger partial charge in [0.1, 0.15) is 5.03 Å². The molecule has 0 aromatic rings. The summed E-state index contributed by atoms with van der Waals surface area (Å²) >= 11 is 0. The molecule has 0 aromatic heterocycles. The Bertz CT molecular complexity index is 298. The first-order valence-corrected chi connectivity index (χ1v) is 4.83. The molecule has 0 amide bonds. The van der Waals surface area contributed by atoms with Crippen molar-refractivity contribution in [3.63, 3.8) is 0 Å². The Morgan fingerprint density at radius 3 is 2.27 bits per heavy atom. The van der Waals surface area contributed by atoms with Gasteiger partial charge in [-0.3, -0.25) is 0 Å². The van der Waals surface area contributed by atoms with Crippen LogP contribution in [0, 0.1) is 0 Å². The molecule has 0 aliphatic heterocycles. The predicted octanol–water partition coefficient (Wildman–Crippen LogP) is 1.15. The van der Waals surface area contributed by atoms with Crippen molar-refractivity contribution in [3.8, 4) is 0 Å². The van der Waals surface area contributed by atoms with E-state index in [9.17, 15) is 8.42 Å². The molecule has 0 atom stereocenters. The van der Waals surface area contributed by atoms with Gasteiger partial charge in [-0.1, -0.05) is 13.2 Å². The van der Waals surface area contributed by atoms with Crippen molar-refractivity contribution < 1.29 is 8.42 Å². The summed E-state index contributed by atoms with van der Waals surface area (Å²) < 4.78 is 21.5. The number of hydrogen-bond acceptors (Lipinski definition) is 3. The average Bonchev–Trinajstić information content (AvgIpc) is 1.85. The van der Waals surface area contributed by atoms with Crippen molar-refractivity contribution in [3.05, 3.63) is 24.3 Å². The molecule has 0 saturated carbocycles. The quantitative estimate of drug-likeness (QED) is 0.601. The summed E-state index contributed by atoms with van der Waals surface area (Å²) in [6.07, 6.45) is 2.53. The van der Waals surface area contributed by atoms with Crippen molar-refractivity contribution in [1.82, 2.24) is 0 Å². The van der Waals surface area contributed by atoms with Crippen LogP contribution in [0.2, 0.25) is 0 Å². The normalized spacial score (nSPS) is 12.7. The van der Waals surface area contributed by atoms with Crippen LogP contribution in [-0.4, -0.2) is 20.4 Å². The minimum absolute atomic E-state index is 0.130. The number of rotatable bonds is 3. The monoisotopic (exact) mass is 173 g/mol. The van der Waals surface area contributed by atoms with Crippen molar-refractivity contribution in [2.45, 2.75) is 6.92 Å². The molecular weight excluding hydrogens is 162 g/mol. The standard InChI is InChI=1S/C7H11NO2S/c1-5-6(2)8-7(3)11(4,9)10/h5H,1,3H2,2,4H3. The summed E-state index contributed by atoms with van der Waals surface area (Å²) in [4.78, 5) is 3.68. The minimum Gasteiger partial charge on any atom is -0.242 e. The Balaban J connectivity index is 4.70. The first-order chi connectivity index (χ1) is 4.88. The maximum absolute atomic E-state index is 10.7. The number of nitrogens with zero attached hydrogens (tertiary/aromatic N) is 1. The molecule has 0 fully saturated rings. The van der Waals surface area contributed by atoms with E-state index in [1.807, 2.05) is 0 Å². The fraction of sp³-hybridized carbons (Fsp3) is 0.286. The Kier molecular flexibility index (Phi) is 3.19. The second-order valence-electron chi connectivity index (χ2n) is 2.12. The van der Waals surface area contributed by atoms with Crippen LogP contribution >= 0.6 is 0 Å². The van der Waals surface area contributed by atoms with Gasteiger partial charge in [0, 0.05) is 12.0 Å². The molecule has 0 heterocycles. The van der Waals surface area contributed by atoms with Gasteiger partial charge in [0.2, 0.25) is 0 Å². The lowest BCUT2D eigenvalue weighted by Gasteiger charge is -1.95. The van der Waals surface area contributed by atoms with Crippen LogP contribution in [0.25, 0.3) is 0 Å². The Labute approximate surface area is 67.1 Å². The molecule has 0 rings (SSSR count). The maximum atomic E-state index is 10.7. The third kappa shape index (κ3) is 3.72. The fourth-order valence-corrected chi connectivity index (χ4v) is 0.635. The van der Waals surface area contributed by atoms with E-state index in [-0.39, 0.29) is 5.03 Å². The Morgan fingerprint density at radius 2 is 2.00 bits per heavy atom. The molecule has 0 aromatic carbocycles. The molecule has 0 bridgehead atoms. The number of aliphatic imine (C=N–C) groups is 1. The lowest BCUT2D eigenvalue weighted by atomic mass is 10.4. The molecule has 62 valence electrons. The first-order valence-electron chi connectivity index (χ1n) is 2.94. The number of sulfone groups is 1. The summed E-state index contributed by atoms with van der Waals surface area (Å²) in [7, 11) is -3.24.